The average Bonchev–Trinajstić information content (AvgIpc) is 2.53. The number of halogens is 2. The first-order valence-corrected chi connectivity index (χ1v) is 7.08. The maximum Gasteiger partial charge on any atom is 0.340 e. The molecule has 1 aromatic carbocycles. The van der Waals surface area contributed by atoms with Crippen molar-refractivity contribution in [2.24, 2.45) is 0 Å². The number of esters is 1. The fraction of sp³-hybridized carbons (Fsp3) is 0.294. The number of nitrogens with zero attached hydrogens (tertiary/aromatic N) is 1. The first-order chi connectivity index (χ1) is 10.9. The summed E-state index contributed by atoms with van der Waals surface area (Å²) in [6, 6.07) is 5.23. The van der Waals surface area contributed by atoms with E-state index in [-0.39, 0.29) is 28.3 Å². The van der Waals surface area contributed by atoms with E-state index in [1.54, 1.807) is 13.8 Å². The van der Waals surface area contributed by atoms with E-state index >= 15 is 0 Å². The highest BCUT2D eigenvalue weighted by Crippen LogP contribution is 2.34. The molecule has 122 valence electrons. The van der Waals surface area contributed by atoms with E-state index in [1.807, 2.05) is 0 Å². The number of pyridine rings is 1. The molecule has 23 heavy (non-hydrogen) atoms. The van der Waals surface area contributed by atoms with Crippen molar-refractivity contribution in [3.05, 3.63) is 52.9 Å². The predicted octanol–water partition coefficient (Wildman–Crippen LogP) is 3.43. The van der Waals surface area contributed by atoms with Gasteiger partial charge in [-0.25, -0.2) is 14.2 Å². The van der Waals surface area contributed by atoms with Crippen LogP contribution in [0.4, 0.5) is 8.78 Å². The molecule has 0 unspecified atom stereocenters. The summed E-state index contributed by atoms with van der Waals surface area (Å²) in [6.45, 7) is 2.89. The molecule has 0 amide bonds. The van der Waals surface area contributed by atoms with Gasteiger partial charge in [-0.1, -0.05) is 26.0 Å². The lowest BCUT2D eigenvalue weighted by atomic mass is 9.91. The van der Waals surface area contributed by atoms with Gasteiger partial charge in [0.25, 0.3) is 0 Å². The average molecular weight is 321 g/mol. The van der Waals surface area contributed by atoms with Crippen LogP contribution in [0.1, 0.15) is 41.4 Å². The molecule has 6 heteroatoms. The van der Waals surface area contributed by atoms with E-state index in [0.717, 1.165) is 0 Å². The SMILES string of the molecule is COC(=O)c1c(C(C)C)nc(F)c(CO)c1-c1ccc(F)cc1. The smallest absolute Gasteiger partial charge is 0.340 e. The van der Waals surface area contributed by atoms with Crippen molar-refractivity contribution < 1.29 is 23.4 Å². The third kappa shape index (κ3) is 3.22. The minimum atomic E-state index is -0.858. The molecule has 2 aromatic rings. The zero-order valence-corrected chi connectivity index (χ0v) is 13.1. The zero-order chi connectivity index (χ0) is 17.1. The molecule has 1 heterocycles. The molecule has 0 atom stereocenters. The number of aliphatic hydroxyl groups is 1. The summed E-state index contributed by atoms with van der Waals surface area (Å²) < 4.78 is 32.3. The van der Waals surface area contributed by atoms with Crippen molar-refractivity contribution in [3.63, 3.8) is 0 Å². The van der Waals surface area contributed by atoms with Gasteiger partial charge in [-0.2, -0.15) is 4.39 Å². The minimum absolute atomic E-state index is 0.0829. The summed E-state index contributed by atoms with van der Waals surface area (Å²) in [7, 11) is 1.21. The van der Waals surface area contributed by atoms with Crippen LogP contribution in [0, 0.1) is 11.8 Å². The van der Waals surface area contributed by atoms with Crippen LogP contribution in [0.25, 0.3) is 11.1 Å². The van der Waals surface area contributed by atoms with Crippen molar-refractivity contribution in [1.29, 1.82) is 0 Å². The standard InChI is InChI=1S/C17H17F2NO3/c1-9(2)15-14(17(22)23-3)13(12(8-21)16(19)20-15)10-4-6-11(18)7-5-10/h4-7,9,21H,8H2,1-3H3. The van der Waals surface area contributed by atoms with Crippen molar-refractivity contribution >= 4 is 5.97 Å². The van der Waals surface area contributed by atoms with Gasteiger partial charge in [0.2, 0.25) is 5.95 Å². The number of carbonyl (C=O) groups is 1. The lowest BCUT2D eigenvalue weighted by Crippen LogP contribution is -2.15. The van der Waals surface area contributed by atoms with Gasteiger partial charge in [0.1, 0.15) is 5.82 Å². The lowest BCUT2D eigenvalue weighted by Gasteiger charge is -2.18. The van der Waals surface area contributed by atoms with E-state index in [4.69, 9.17) is 4.74 Å². The second-order valence-corrected chi connectivity index (χ2v) is 5.33. The molecule has 0 aliphatic heterocycles. The Hall–Kier alpha value is -2.34. The van der Waals surface area contributed by atoms with Gasteiger partial charge >= 0.3 is 5.97 Å². The Labute approximate surface area is 132 Å². The molecule has 1 aromatic heterocycles. The Kier molecular flexibility index (Phi) is 5.05. The summed E-state index contributed by atoms with van der Waals surface area (Å²) in [5, 5.41) is 9.52. The Balaban J connectivity index is 2.89. The molecule has 0 saturated carbocycles. The number of aromatic nitrogens is 1. The lowest BCUT2D eigenvalue weighted by molar-refractivity contribution is 0.0599. The summed E-state index contributed by atoms with van der Waals surface area (Å²) in [5.74, 6) is -2.25. The van der Waals surface area contributed by atoms with E-state index in [9.17, 15) is 18.7 Å². The number of hydrogen-bond acceptors (Lipinski definition) is 4. The first-order valence-electron chi connectivity index (χ1n) is 7.08. The maximum absolute atomic E-state index is 14.3. The molecule has 0 aliphatic rings. The van der Waals surface area contributed by atoms with Crippen molar-refractivity contribution in [3.8, 4) is 11.1 Å². The monoisotopic (exact) mass is 321 g/mol. The fourth-order valence-electron chi connectivity index (χ4n) is 2.42. The minimum Gasteiger partial charge on any atom is -0.465 e. The van der Waals surface area contributed by atoms with E-state index in [2.05, 4.69) is 4.98 Å². The molecule has 0 radical (unpaired) electrons. The molecule has 0 saturated heterocycles. The maximum atomic E-state index is 14.3. The molecular formula is C17H17F2NO3. The Bertz CT molecular complexity index is 728. The quantitative estimate of drug-likeness (QED) is 0.692. The summed E-state index contributed by atoms with van der Waals surface area (Å²) in [4.78, 5) is 16.1. The van der Waals surface area contributed by atoms with Crippen LogP contribution in [0.2, 0.25) is 0 Å². The van der Waals surface area contributed by atoms with Gasteiger partial charge in [0, 0.05) is 11.1 Å². The number of rotatable bonds is 4. The van der Waals surface area contributed by atoms with Gasteiger partial charge in [0.15, 0.2) is 0 Å². The predicted molar refractivity (Wildman–Crippen MR) is 80.9 cm³/mol. The highest BCUT2D eigenvalue weighted by atomic mass is 19.1. The third-order valence-electron chi connectivity index (χ3n) is 3.50. The van der Waals surface area contributed by atoms with E-state index in [0.29, 0.717) is 5.56 Å². The highest BCUT2D eigenvalue weighted by Gasteiger charge is 2.27. The number of hydrogen-bond donors (Lipinski definition) is 1. The van der Waals surface area contributed by atoms with Crippen LogP contribution < -0.4 is 0 Å². The van der Waals surface area contributed by atoms with Crippen LogP contribution in [0.3, 0.4) is 0 Å². The van der Waals surface area contributed by atoms with Crippen LogP contribution in [0.5, 0.6) is 0 Å². The summed E-state index contributed by atoms with van der Waals surface area (Å²) in [6.07, 6.45) is 0. The number of methoxy groups -OCH3 is 1. The highest BCUT2D eigenvalue weighted by molar-refractivity contribution is 5.99. The van der Waals surface area contributed by atoms with Gasteiger partial charge in [-0.05, 0) is 23.6 Å². The summed E-state index contributed by atoms with van der Waals surface area (Å²) in [5.41, 5.74) is 0.765. The molecule has 0 bridgehead atoms. The molecule has 0 spiro atoms. The van der Waals surface area contributed by atoms with Crippen LogP contribution >= 0.6 is 0 Å². The Morgan fingerprint density at radius 1 is 1.26 bits per heavy atom. The van der Waals surface area contributed by atoms with Crippen molar-refractivity contribution in [2.45, 2.75) is 26.4 Å². The number of ether oxygens (including phenoxy) is 1. The summed E-state index contributed by atoms with van der Waals surface area (Å²) >= 11 is 0. The van der Waals surface area contributed by atoms with Gasteiger partial charge < -0.3 is 9.84 Å². The van der Waals surface area contributed by atoms with E-state index in [1.165, 1.54) is 31.4 Å². The molecule has 0 fully saturated rings. The van der Waals surface area contributed by atoms with E-state index < -0.39 is 24.3 Å². The van der Waals surface area contributed by atoms with Crippen LogP contribution in [-0.2, 0) is 11.3 Å². The van der Waals surface area contributed by atoms with Crippen molar-refractivity contribution in [1.82, 2.24) is 4.98 Å². The largest absolute Gasteiger partial charge is 0.465 e. The molecule has 1 N–H and O–H groups in total. The Morgan fingerprint density at radius 3 is 2.35 bits per heavy atom. The zero-order valence-electron chi connectivity index (χ0n) is 13.1. The number of benzene rings is 1. The fourth-order valence-corrected chi connectivity index (χ4v) is 2.42. The normalized spacial score (nSPS) is 10.9. The third-order valence-corrected chi connectivity index (χ3v) is 3.50. The van der Waals surface area contributed by atoms with Crippen LogP contribution in [0.15, 0.2) is 24.3 Å². The Morgan fingerprint density at radius 2 is 1.87 bits per heavy atom. The molecular weight excluding hydrogens is 304 g/mol. The second-order valence-electron chi connectivity index (χ2n) is 5.33. The molecule has 4 nitrogen and oxygen atoms in total. The van der Waals surface area contributed by atoms with Gasteiger partial charge in [-0.15, -0.1) is 0 Å². The van der Waals surface area contributed by atoms with Crippen molar-refractivity contribution in [2.75, 3.05) is 7.11 Å². The van der Waals surface area contributed by atoms with Crippen LogP contribution in [-0.4, -0.2) is 23.2 Å². The second kappa shape index (κ2) is 6.83. The first kappa shape index (κ1) is 17.0. The topological polar surface area (TPSA) is 59.4 Å². The number of carbonyl (C=O) groups excluding carboxylic acids is 1. The molecule has 0 aliphatic carbocycles. The van der Waals surface area contributed by atoms with Gasteiger partial charge in [0.05, 0.1) is 25.0 Å². The van der Waals surface area contributed by atoms with Gasteiger partial charge in [-0.3, -0.25) is 0 Å². The molecule has 2 rings (SSSR count). The number of aliphatic hydroxyl groups excluding tert-OH is 1.